The van der Waals surface area contributed by atoms with Crippen molar-refractivity contribution in [3.8, 4) is 22.6 Å². The molecule has 0 unspecified atom stereocenters. The van der Waals surface area contributed by atoms with Crippen molar-refractivity contribution in [1.29, 1.82) is 0 Å². The predicted octanol–water partition coefficient (Wildman–Crippen LogP) is 5.69. The summed E-state index contributed by atoms with van der Waals surface area (Å²) in [6.07, 6.45) is -1.35. The van der Waals surface area contributed by atoms with Crippen molar-refractivity contribution in [2.45, 2.75) is 16.0 Å². The van der Waals surface area contributed by atoms with Gasteiger partial charge in [-0.25, -0.2) is 0 Å². The maximum absolute atomic E-state index is 13.6. The molecular formula is C20H14F3NO2S. The Bertz CT molecular complexity index is 961. The Labute approximate surface area is 158 Å². The zero-order valence-corrected chi connectivity index (χ0v) is 14.8. The van der Waals surface area contributed by atoms with Gasteiger partial charge < -0.3 is 9.47 Å². The molecule has 2 heterocycles. The quantitative estimate of drug-likeness (QED) is 0.576. The first kappa shape index (κ1) is 17.7. The Morgan fingerprint density at radius 3 is 2.30 bits per heavy atom. The minimum Gasteiger partial charge on any atom is -0.486 e. The highest BCUT2D eigenvalue weighted by molar-refractivity contribution is 7.99. The van der Waals surface area contributed by atoms with Gasteiger partial charge in [-0.2, -0.15) is 13.2 Å². The molecular weight excluding hydrogens is 375 g/mol. The van der Waals surface area contributed by atoms with Crippen molar-refractivity contribution >= 4 is 11.8 Å². The Balaban J connectivity index is 1.70. The summed E-state index contributed by atoms with van der Waals surface area (Å²) < 4.78 is 51.9. The third-order valence-electron chi connectivity index (χ3n) is 4.04. The minimum atomic E-state index is -4.46. The number of aromatic nitrogens is 1. The fraction of sp³-hybridized carbons (Fsp3) is 0.150. The summed E-state index contributed by atoms with van der Waals surface area (Å²) in [5.74, 6) is 1.16. The van der Waals surface area contributed by atoms with E-state index in [0.29, 0.717) is 40.7 Å². The number of nitrogens with zero attached hydrogens (tertiary/aromatic N) is 1. The molecule has 0 spiro atoms. The van der Waals surface area contributed by atoms with Gasteiger partial charge in [-0.05, 0) is 53.6 Å². The molecule has 2 aromatic carbocycles. The first-order valence-corrected chi connectivity index (χ1v) is 9.01. The largest absolute Gasteiger partial charge is 0.486 e. The van der Waals surface area contributed by atoms with E-state index < -0.39 is 11.7 Å². The van der Waals surface area contributed by atoms with Crippen LogP contribution in [-0.2, 0) is 6.18 Å². The average Bonchev–Trinajstić information content (AvgIpc) is 2.68. The lowest BCUT2D eigenvalue weighted by molar-refractivity contribution is -0.139. The number of hydrogen-bond donors (Lipinski definition) is 0. The van der Waals surface area contributed by atoms with Crippen LogP contribution in [0.15, 0.2) is 70.7 Å². The Morgan fingerprint density at radius 2 is 1.56 bits per heavy atom. The van der Waals surface area contributed by atoms with E-state index in [0.717, 1.165) is 11.8 Å². The van der Waals surface area contributed by atoms with Crippen LogP contribution in [0, 0.1) is 0 Å². The van der Waals surface area contributed by atoms with Crippen LogP contribution < -0.4 is 9.47 Å². The fourth-order valence-corrected chi connectivity index (χ4v) is 3.76. The smallest absolute Gasteiger partial charge is 0.417 e. The van der Waals surface area contributed by atoms with Crippen LogP contribution in [0.4, 0.5) is 13.2 Å². The van der Waals surface area contributed by atoms with Crippen molar-refractivity contribution in [2.24, 2.45) is 0 Å². The minimum absolute atomic E-state index is 0.136. The van der Waals surface area contributed by atoms with E-state index in [-0.39, 0.29) is 4.90 Å². The van der Waals surface area contributed by atoms with E-state index in [1.807, 2.05) is 0 Å². The second-order valence-electron chi connectivity index (χ2n) is 5.85. The molecule has 0 amide bonds. The molecule has 4 rings (SSSR count). The first-order chi connectivity index (χ1) is 13.0. The molecule has 0 N–H and O–H groups in total. The molecule has 3 aromatic rings. The lowest BCUT2D eigenvalue weighted by atomic mass is 10.0. The Morgan fingerprint density at radius 1 is 0.815 bits per heavy atom. The van der Waals surface area contributed by atoms with E-state index in [4.69, 9.17) is 9.47 Å². The molecule has 1 aliphatic heterocycles. The number of hydrogen-bond acceptors (Lipinski definition) is 4. The number of pyridine rings is 1. The number of ether oxygens (including phenoxy) is 2. The summed E-state index contributed by atoms with van der Waals surface area (Å²) in [6.45, 7) is 0.893. The molecule has 0 saturated carbocycles. The molecule has 27 heavy (non-hydrogen) atoms. The average molecular weight is 389 g/mol. The van der Waals surface area contributed by atoms with Crippen LogP contribution >= 0.6 is 11.8 Å². The van der Waals surface area contributed by atoms with Gasteiger partial charge in [0.15, 0.2) is 11.5 Å². The van der Waals surface area contributed by atoms with E-state index in [1.165, 1.54) is 12.1 Å². The van der Waals surface area contributed by atoms with Crippen molar-refractivity contribution in [3.05, 3.63) is 66.5 Å². The van der Waals surface area contributed by atoms with Gasteiger partial charge in [0.25, 0.3) is 0 Å². The van der Waals surface area contributed by atoms with Gasteiger partial charge in [-0.3, -0.25) is 4.98 Å². The molecule has 138 valence electrons. The highest BCUT2D eigenvalue weighted by atomic mass is 32.2. The highest BCUT2D eigenvalue weighted by Crippen LogP contribution is 2.43. The van der Waals surface area contributed by atoms with Crippen LogP contribution in [0.2, 0.25) is 0 Å². The highest BCUT2D eigenvalue weighted by Gasteiger charge is 2.34. The summed E-state index contributed by atoms with van der Waals surface area (Å²) in [5.41, 5.74) is 0.513. The number of benzene rings is 2. The van der Waals surface area contributed by atoms with E-state index in [1.54, 1.807) is 48.8 Å². The van der Waals surface area contributed by atoms with Crippen molar-refractivity contribution in [3.63, 3.8) is 0 Å². The zero-order chi connectivity index (χ0) is 18.9. The van der Waals surface area contributed by atoms with Crippen LogP contribution in [0.5, 0.6) is 11.5 Å². The maximum Gasteiger partial charge on any atom is 0.417 e. The molecule has 1 aromatic heterocycles. The molecule has 0 aliphatic carbocycles. The van der Waals surface area contributed by atoms with Crippen molar-refractivity contribution < 1.29 is 22.6 Å². The summed E-state index contributed by atoms with van der Waals surface area (Å²) in [6, 6.07) is 12.9. The molecule has 0 atom stereocenters. The van der Waals surface area contributed by atoms with Gasteiger partial charge in [0.05, 0.1) is 5.56 Å². The number of halogens is 3. The van der Waals surface area contributed by atoms with Gasteiger partial charge >= 0.3 is 6.18 Å². The van der Waals surface area contributed by atoms with Gasteiger partial charge in [0.2, 0.25) is 0 Å². The first-order valence-electron chi connectivity index (χ1n) is 8.20. The third kappa shape index (κ3) is 3.88. The van der Waals surface area contributed by atoms with Crippen LogP contribution in [0.3, 0.4) is 0 Å². The number of rotatable bonds is 3. The van der Waals surface area contributed by atoms with Crippen molar-refractivity contribution in [2.75, 3.05) is 13.2 Å². The summed E-state index contributed by atoms with van der Waals surface area (Å²) >= 11 is 1.05. The molecule has 7 heteroatoms. The van der Waals surface area contributed by atoms with E-state index in [9.17, 15) is 13.2 Å². The molecule has 0 bridgehead atoms. The molecule has 1 aliphatic rings. The van der Waals surface area contributed by atoms with Gasteiger partial charge in [0.1, 0.15) is 13.2 Å². The molecule has 3 nitrogen and oxygen atoms in total. The Hall–Kier alpha value is -2.67. The van der Waals surface area contributed by atoms with Gasteiger partial charge in [-0.1, -0.05) is 17.8 Å². The fourth-order valence-electron chi connectivity index (χ4n) is 2.78. The van der Waals surface area contributed by atoms with Gasteiger partial charge in [-0.15, -0.1) is 0 Å². The van der Waals surface area contributed by atoms with Crippen LogP contribution in [-0.4, -0.2) is 18.2 Å². The standard InChI is InChI=1S/C20H14F3NO2S/c21-20(22,23)16-11-14(13-5-7-24-8-6-13)1-4-19(16)27-15-2-3-17-18(12-15)26-10-9-25-17/h1-8,11-12H,9-10H2. The maximum atomic E-state index is 13.6. The van der Waals surface area contributed by atoms with Gasteiger partial charge in [0, 0.05) is 22.2 Å². The predicted molar refractivity (Wildman–Crippen MR) is 96.2 cm³/mol. The second-order valence-corrected chi connectivity index (χ2v) is 6.97. The van der Waals surface area contributed by atoms with Crippen LogP contribution in [0.25, 0.3) is 11.1 Å². The molecule has 0 radical (unpaired) electrons. The SMILES string of the molecule is FC(F)(F)c1cc(-c2ccncc2)ccc1Sc1ccc2c(c1)OCCO2. The Kier molecular flexibility index (Phi) is 4.70. The monoisotopic (exact) mass is 389 g/mol. The third-order valence-corrected chi connectivity index (χ3v) is 5.11. The van der Waals surface area contributed by atoms with Crippen molar-refractivity contribution in [1.82, 2.24) is 4.98 Å². The van der Waals surface area contributed by atoms with E-state index >= 15 is 0 Å². The lowest BCUT2D eigenvalue weighted by Crippen LogP contribution is -2.15. The number of fused-ring (bicyclic) bond motifs is 1. The summed E-state index contributed by atoms with van der Waals surface area (Å²) in [7, 11) is 0. The second kappa shape index (κ2) is 7.15. The topological polar surface area (TPSA) is 31.4 Å². The van der Waals surface area contributed by atoms with E-state index in [2.05, 4.69) is 4.98 Å². The summed E-state index contributed by atoms with van der Waals surface area (Å²) in [5, 5.41) is 0. The van der Waals surface area contributed by atoms with Crippen LogP contribution in [0.1, 0.15) is 5.56 Å². The molecule has 0 saturated heterocycles. The normalized spacial score (nSPS) is 13.4. The number of alkyl halides is 3. The lowest BCUT2D eigenvalue weighted by Gasteiger charge is -2.19. The zero-order valence-electron chi connectivity index (χ0n) is 14.0. The summed E-state index contributed by atoms with van der Waals surface area (Å²) in [4.78, 5) is 4.69. The molecule has 0 fully saturated rings.